The molecule has 2 aromatic carbocycles. The number of hydrogen-bond donors (Lipinski definition) is 2. The van der Waals surface area contributed by atoms with Crippen LogP contribution in [0.4, 0.5) is 9.18 Å². The van der Waals surface area contributed by atoms with Crippen molar-refractivity contribution in [1.29, 1.82) is 0 Å². The predicted molar refractivity (Wildman–Crippen MR) is 107 cm³/mol. The average molecular weight is 416 g/mol. The van der Waals surface area contributed by atoms with Crippen LogP contribution >= 0.6 is 0 Å². The van der Waals surface area contributed by atoms with Crippen LogP contribution in [0.1, 0.15) is 18.5 Å². The number of benzene rings is 2. The molecule has 7 nitrogen and oxygen atoms in total. The van der Waals surface area contributed by atoms with E-state index in [0.29, 0.717) is 19.0 Å². The quantitative estimate of drug-likeness (QED) is 0.757. The first-order valence-electron chi connectivity index (χ1n) is 9.90. The second kappa shape index (κ2) is 8.89. The lowest BCUT2D eigenvalue weighted by Gasteiger charge is -2.20. The minimum atomic E-state index is -0.320. The van der Waals surface area contributed by atoms with Crippen molar-refractivity contribution in [1.82, 2.24) is 10.6 Å². The van der Waals surface area contributed by atoms with E-state index in [1.807, 2.05) is 31.2 Å². The molecule has 0 aliphatic carbocycles. The zero-order chi connectivity index (χ0) is 21.1. The highest BCUT2D eigenvalue weighted by molar-refractivity contribution is 5.75. The van der Waals surface area contributed by atoms with Gasteiger partial charge in [-0.1, -0.05) is 12.1 Å². The van der Waals surface area contributed by atoms with E-state index in [9.17, 15) is 9.18 Å². The van der Waals surface area contributed by atoms with Crippen LogP contribution in [0.15, 0.2) is 48.5 Å². The topological polar surface area (TPSA) is 78.1 Å². The monoisotopic (exact) mass is 416 g/mol. The summed E-state index contributed by atoms with van der Waals surface area (Å²) in [6.45, 7) is 2.59. The van der Waals surface area contributed by atoms with E-state index >= 15 is 0 Å². The summed E-state index contributed by atoms with van der Waals surface area (Å²) in [6, 6.07) is 12.6. The van der Waals surface area contributed by atoms with Crippen molar-refractivity contribution >= 4 is 6.03 Å². The maximum absolute atomic E-state index is 13.1. The van der Waals surface area contributed by atoms with Crippen LogP contribution in [0.25, 0.3) is 0 Å². The Labute approximate surface area is 174 Å². The van der Waals surface area contributed by atoms with Gasteiger partial charge in [-0.2, -0.15) is 0 Å². The van der Waals surface area contributed by atoms with Crippen LogP contribution in [0, 0.1) is 5.82 Å². The Morgan fingerprint density at radius 2 is 1.70 bits per heavy atom. The second-order valence-electron chi connectivity index (χ2n) is 7.43. The first-order valence-corrected chi connectivity index (χ1v) is 9.90. The number of urea groups is 1. The zero-order valence-corrected chi connectivity index (χ0v) is 16.8. The molecule has 0 spiro atoms. The van der Waals surface area contributed by atoms with Crippen LogP contribution in [-0.4, -0.2) is 50.7 Å². The number of carbonyl (C=O) groups excluding carboxylic acids is 1. The van der Waals surface area contributed by atoms with Gasteiger partial charge in [0.2, 0.25) is 0 Å². The van der Waals surface area contributed by atoms with Gasteiger partial charge in [0.05, 0.1) is 32.4 Å². The van der Waals surface area contributed by atoms with Gasteiger partial charge in [-0.05, 0) is 48.9 Å². The minimum Gasteiger partial charge on any atom is -0.497 e. The highest BCUT2D eigenvalue weighted by Crippen LogP contribution is 2.30. The van der Waals surface area contributed by atoms with Crippen LogP contribution in [0.2, 0.25) is 0 Å². The molecular weight excluding hydrogens is 391 g/mol. The highest BCUT2D eigenvalue weighted by Gasteiger charge is 2.49. The van der Waals surface area contributed by atoms with Gasteiger partial charge < -0.3 is 29.6 Å². The molecular formula is C22H25FN2O5. The Balaban J connectivity index is 1.29. The molecule has 2 aliphatic rings. The van der Waals surface area contributed by atoms with Crippen molar-refractivity contribution in [2.45, 2.75) is 37.3 Å². The van der Waals surface area contributed by atoms with Gasteiger partial charge in [0, 0.05) is 0 Å². The van der Waals surface area contributed by atoms with E-state index in [2.05, 4.69) is 10.6 Å². The van der Waals surface area contributed by atoms with Crippen molar-refractivity contribution in [3.63, 3.8) is 0 Å². The smallest absolute Gasteiger partial charge is 0.315 e. The standard InChI is InChI=1S/C22H25FN2O5/c1-13(14-3-7-16(27-2)8-4-14)24-22(26)25-18-11-28-21-19(12-29-20(18)21)30-17-9-5-15(23)6-10-17/h3-10,13,18-21H,11-12H2,1-2H3,(H2,24,25,26)/t13-,18+,19+,20-,21-/m1/s1. The Morgan fingerprint density at radius 3 is 2.40 bits per heavy atom. The van der Waals surface area contributed by atoms with Crippen LogP contribution in [0.3, 0.4) is 0 Å². The van der Waals surface area contributed by atoms with E-state index in [0.717, 1.165) is 11.3 Å². The molecule has 0 aromatic heterocycles. The van der Waals surface area contributed by atoms with Crippen molar-refractivity contribution < 1.29 is 28.1 Å². The number of halogens is 1. The number of nitrogens with one attached hydrogen (secondary N) is 2. The molecule has 2 heterocycles. The fourth-order valence-electron chi connectivity index (χ4n) is 3.76. The fraction of sp³-hybridized carbons (Fsp3) is 0.409. The molecule has 0 saturated carbocycles. The maximum atomic E-state index is 13.1. The van der Waals surface area contributed by atoms with Gasteiger partial charge in [-0.15, -0.1) is 0 Å². The highest BCUT2D eigenvalue weighted by atomic mass is 19.1. The molecule has 4 rings (SSSR count). The number of amides is 2. The molecule has 0 radical (unpaired) electrons. The van der Waals surface area contributed by atoms with Gasteiger partial charge in [-0.25, -0.2) is 9.18 Å². The fourth-order valence-corrected chi connectivity index (χ4v) is 3.76. The van der Waals surface area contributed by atoms with Crippen LogP contribution in [0.5, 0.6) is 11.5 Å². The molecule has 0 bridgehead atoms. The molecule has 160 valence electrons. The molecule has 30 heavy (non-hydrogen) atoms. The van der Waals surface area contributed by atoms with E-state index in [4.69, 9.17) is 18.9 Å². The van der Waals surface area contributed by atoms with Gasteiger partial charge in [0.25, 0.3) is 0 Å². The lowest BCUT2D eigenvalue weighted by Crippen LogP contribution is -2.48. The van der Waals surface area contributed by atoms with E-state index < -0.39 is 0 Å². The van der Waals surface area contributed by atoms with Gasteiger partial charge in [-0.3, -0.25) is 0 Å². The largest absolute Gasteiger partial charge is 0.497 e. The summed E-state index contributed by atoms with van der Waals surface area (Å²) < 4.78 is 35.8. The van der Waals surface area contributed by atoms with Gasteiger partial charge in [0.1, 0.15) is 29.5 Å². The number of fused-ring (bicyclic) bond motifs is 1. The second-order valence-corrected chi connectivity index (χ2v) is 7.43. The summed E-state index contributed by atoms with van der Waals surface area (Å²) in [6.07, 6.45) is -0.898. The Morgan fingerprint density at radius 1 is 1.03 bits per heavy atom. The molecule has 2 aromatic rings. The van der Waals surface area contributed by atoms with Gasteiger partial charge in [0.15, 0.2) is 6.10 Å². The molecule has 2 saturated heterocycles. The molecule has 2 N–H and O–H groups in total. The molecule has 0 unspecified atom stereocenters. The Bertz CT molecular complexity index is 861. The number of hydrogen-bond acceptors (Lipinski definition) is 5. The summed E-state index contributed by atoms with van der Waals surface area (Å²) in [7, 11) is 1.61. The third-order valence-electron chi connectivity index (χ3n) is 5.39. The minimum absolute atomic E-state index is 0.173. The normalized spacial score (nSPS) is 26.0. The number of rotatable bonds is 6. The zero-order valence-electron chi connectivity index (χ0n) is 16.8. The first-order chi connectivity index (χ1) is 14.5. The van der Waals surface area contributed by atoms with Crippen molar-refractivity contribution in [2.75, 3.05) is 20.3 Å². The third kappa shape index (κ3) is 4.49. The summed E-state index contributed by atoms with van der Waals surface area (Å²) in [4.78, 5) is 12.5. The number of carbonyl (C=O) groups is 1. The van der Waals surface area contributed by atoms with Crippen LogP contribution in [-0.2, 0) is 9.47 Å². The Hall–Kier alpha value is -2.84. The summed E-state index contributed by atoms with van der Waals surface area (Å²) in [5, 5.41) is 5.86. The van der Waals surface area contributed by atoms with E-state index in [-0.39, 0.29) is 42.2 Å². The third-order valence-corrected chi connectivity index (χ3v) is 5.39. The average Bonchev–Trinajstić information content (AvgIpc) is 3.33. The molecule has 2 fully saturated rings. The SMILES string of the molecule is COc1ccc([C@@H](C)NC(=O)N[C@H]2CO[C@H]3[C@@H]2OC[C@@H]3Oc2ccc(F)cc2)cc1. The maximum Gasteiger partial charge on any atom is 0.315 e. The van der Waals surface area contributed by atoms with E-state index in [1.54, 1.807) is 19.2 Å². The molecule has 8 heteroatoms. The molecule has 5 atom stereocenters. The Kier molecular flexibility index (Phi) is 6.06. The first kappa shape index (κ1) is 20.4. The molecule has 2 aliphatic heterocycles. The summed E-state index contributed by atoms with van der Waals surface area (Å²) >= 11 is 0. The summed E-state index contributed by atoms with van der Waals surface area (Å²) in [5.41, 5.74) is 0.969. The van der Waals surface area contributed by atoms with Crippen molar-refractivity contribution in [3.8, 4) is 11.5 Å². The van der Waals surface area contributed by atoms with E-state index in [1.165, 1.54) is 12.1 Å². The molecule has 2 amide bonds. The van der Waals surface area contributed by atoms with Crippen LogP contribution < -0.4 is 20.1 Å². The van der Waals surface area contributed by atoms with Gasteiger partial charge >= 0.3 is 6.03 Å². The number of ether oxygens (including phenoxy) is 4. The lowest BCUT2D eigenvalue weighted by atomic mass is 10.1. The van der Waals surface area contributed by atoms with Crippen molar-refractivity contribution in [3.05, 3.63) is 59.9 Å². The lowest BCUT2D eigenvalue weighted by molar-refractivity contribution is 0.0303. The number of methoxy groups -OCH3 is 1. The van der Waals surface area contributed by atoms with Crippen molar-refractivity contribution in [2.24, 2.45) is 0 Å². The predicted octanol–water partition coefficient (Wildman–Crippen LogP) is 2.81. The summed E-state index contributed by atoms with van der Waals surface area (Å²) in [5.74, 6) is 0.996.